The quantitative estimate of drug-likeness (QED) is 0.914. The van der Waals surface area contributed by atoms with Crippen LogP contribution < -0.4 is 10.1 Å². The van der Waals surface area contributed by atoms with Gasteiger partial charge in [-0.1, -0.05) is 12.1 Å². The number of aryl methyl sites for hydroxylation is 2. The highest BCUT2D eigenvalue weighted by atomic mass is 16.5. The van der Waals surface area contributed by atoms with Gasteiger partial charge in [-0.05, 0) is 24.5 Å². The second kappa shape index (κ2) is 5.34. The van der Waals surface area contributed by atoms with Crippen LogP contribution >= 0.6 is 0 Å². The fourth-order valence-corrected chi connectivity index (χ4v) is 2.49. The Morgan fingerprint density at radius 1 is 1.42 bits per heavy atom. The molecule has 2 aromatic rings. The summed E-state index contributed by atoms with van der Waals surface area (Å²) in [6, 6.07) is 6.28. The molecule has 0 bridgehead atoms. The van der Waals surface area contributed by atoms with Crippen LogP contribution in [0.25, 0.3) is 0 Å². The molecule has 1 aromatic carbocycles. The van der Waals surface area contributed by atoms with Crippen molar-refractivity contribution in [1.29, 1.82) is 0 Å². The first-order valence-corrected chi connectivity index (χ1v) is 6.79. The maximum Gasteiger partial charge on any atom is 0.142 e. The first-order chi connectivity index (χ1) is 9.34. The Morgan fingerprint density at radius 3 is 3.21 bits per heavy atom. The fourth-order valence-electron chi connectivity index (χ4n) is 2.49. The summed E-state index contributed by atoms with van der Waals surface area (Å²) in [6.07, 6.45) is 6.94. The summed E-state index contributed by atoms with van der Waals surface area (Å²) in [5.74, 6) is 2.02. The minimum absolute atomic E-state index is 0.656. The molecule has 1 aliphatic rings. The van der Waals surface area contributed by atoms with Crippen LogP contribution in [0.4, 0.5) is 5.69 Å². The average molecular weight is 257 g/mol. The van der Waals surface area contributed by atoms with Crippen LogP contribution in [-0.4, -0.2) is 22.7 Å². The lowest BCUT2D eigenvalue weighted by molar-refractivity contribution is 0.318. The zero-order valence-corrected chi connectivity index (χ0v) is 11.2. The van der Waals surface area contributed by atoms with E-state index >= 15 is 0 Å². The second-order valence-corrected chi connectivity index (χ2v) is 4.87. The summed E-state index contributed by atoms with van der Waals surface area (Å²) >= 11 is 0. The third kappa shape index (κ3) is 2.57. The first kappa shape index (κ1) is 12.1. The molecule has 100 valence electrons. The molecule has 0 atom stereocenters. The zero-order valence-electron chi connectivity index (χ0n) is 11.2. The molecule has 0 aliphatic carbocycles. The molecular formula is C15H19N3O. The van der Waals surface area contributed by atoms with Gasteiger partial charge in [0, 0.05) is 32.4 Å². The van der Waals surface area contributed by atoms with Crippen LogP contribution in [0, 0.1) is 0 Å². The monoisotopic (exact) mass is 257 g/mol. The maximum absolute atomic E-state index is 5.92. The van der Waals surface area contributed by atoms with Crippen molar-refractivity contribution in [3.63, 3.8) is 0 Å². The third-order valence-electron chi connectivity index (χ3n) is 3.54. The van der Waals surface area contributed by atoms with Crippen molar-refractivity contribution in [1.82, 2.24) is 9.55 Å². The largest absolute Gasteiger partial charge is 0.491 e. The lowest BCUT2D eigenvalue weighted by Crippen LogP contribution is -2.14. The highest BCUT2D eigenvalue weighted by molar-refractivity contribution is 5.63. The Kier molecular flexibility index (Phi) is 3.40. The number of imidazole rings is 1. The van der Waals surface area contributed by atoms with Crippen LogP contribution in [0.1, 0.15) is 17.8 Å². The lowest BCUT2D eigenvalue weighted by atomic mass is 10.0. The van der Waals surface area contributed by atoms with Gasteiger partial charge in [0.2, 0.25) is 0 Å². The zero-order chi connectivity index (χ0) is 13.1. The van der Waals surface area contributed by atoms with Gasteiger partial charge in [0.15, 0.2) is 0 Å². The Morgan fingerprint density at radius 2 is 2.37 bits per heavy atom. The van der Waals surface area contributed by atoms with E-state index in [1.165, 1.54) is 17.7 Å². The molecule has 3 rings (SSSR count). The number of hydrogen-bond donors (Lipinski definition) is 1. The van der Waals surface area contributed by atoms with Crippen molar-refractivity contribution in [3.05, 3.63) is 42.0 Å². The molecule has 0 saturated heterocycles. The van der Waals surface area contributed by atoms with Crippen molar-refractivity contribution in [2.75, 3.05) is 18.5 Å². The maximum atomic E-state index is 5.92. The van der Waals surface area contributed by atoms with E-state index in [0.717, 1.165) is 31.0 Å². The van der Waals surface area contributed by atoms with Crippen molar-refractivity contribution < 1.29 is 4.74 Å². The van der Waals surface area contributed by atoms with E-state index in [1.54, 1.807) is 0 Å². The van der Waals surface area contributed by atoms with E-state index in [0.29, 0.717) is 6.61 Å². The highest BCUT2D eigenvalue weighted by Crippen LogP contribution is 2.31. The Hall–Kier alpha value is -1.97. The summed E-state index contributed by atoms with van der Waals surface area (Å²) in [5.41, 5.74) is 2.54. The Labute approximate surface area is 113 Å². The van der Waals surface area contributed by atoms with E-state index in [1.807, 2.05) is 30.1 Å². The summed E-state index contributed by atoms with van der Waals surface area (Å²) in [7, 11) is 2.01. The number of ether oxygens (including phenoxy) is 1. The van der Waals surface area contributed by atoms with E-state index in [2.05, 4.69) is 22.4 Å². The predicted octanol–water partition coefficient (Wildman–Crippen LogP) is 2.40. The van der Waals surface area contributed by atoms with Gasteiger partial charge in [-0.2, -0.15) is 0 Å². The highest BCUT2D eigenvalue weighted by Gasteiger charge is 2.13. The molecule has 0 amide bonds. The number of aromatic nitrogens is 2. The van der Waals surface area contributed by atoms with Gasteiger partial charge in [0.25, 0.3) is 0 Å². The van der Waals surface area contributed by atoms with Gasteiger partial charge >= 0.3 is 0 Å². The number of rotatable bonds is 4. The molecule has 0 spiro atoms. The molecule has 1 aliphatic heterocycles. The predicted molar refractivity (Wildman–Crippen MR) is 75.7 cm³/mol. The van der Waals surface area contributed by atoms with Crippen molar-refractivity contribution >= 4 is 5.69 Å². The van der Waals surface area contributed by atoms with Crippen LogP contribution in [-0.2, 0) is 19.9 Å². The molecule has 0 saturated carbocycles. The minimum atomic E-state index is 0.656. The Bertz CT molecular complexity index is 562. The number of para-hydroxylation sites is 1. The van der Waals surface area contributed by atoms with Crippen LogP contribution in [0.3, 0.4) is 0 Å². The lowest BCUT2D eigenvalue weighted by Gasteiger charge is -2.21. The van der Waals surface area contributed by atoms with E-state index < -0.39 is 0 Å². The van der Waals surface area contributed by atoms with Gasteiger partial charge in [-0.25, -0.2) is 4.98 Å². The number of hydrogen-bond acceptors (Lipinski definition) is 3. The van der Waals surface area contributed by atoms with E-state index in [9.17, 15) is 0 Å². The number of nitrogens with one attached hydrogen (secondary N) is 1. The van der Waals surface area contributed by atoms with Crippen molar-refractivity contribution in [3.8, 4) is 5.75 Å². The molecule has 2 heterocycles. The van der Waals surface area contributed by atoms with Gasteiger partial charge in [-0.15, -0.1) is 0 Å². The SMILES string of the molecule is Cn1ccnc1CCOc1cccc2c1NCCC2. The molecule has 19 heavy (non-hydrogen) atoms. The topological polar surface area (TPSA) is 39.1 Å². The minimum Gasteiger partial charge on any atom is -0.491 e. The molecule has 4 nitrogen and oxygen atoms in total. The summed E-state index contributed by atoms with van der Waals surface area (Å²) in [5, 5.41) is 3.44. The van der Waals surface area contributed by atoms with Crippen LogP contribution in [0.2, 0.25) is 0 Å². The average Bonchev–Trinajstić information content (AvgIpc) is 2.85. The normalized spacial score (nSPS) is 13.7. The molecule has 0 fully saturated rings. The molecule has 0 unspecified atom stereocenters. The van der Waals surface area contributed by atoms with E-state index in [-0.39, 0.29) is 0 Å². The Balaban J connectivity index is 1.66. The third-order valence-corrected chi connectivity index (χ3v) is 3.54. The van der Waals surface area contributed by atoms with Gasteiger partial charge < -0.3 is 14.6 Å². The van der Waals surface area contributed by atoms with E-state index in [4.69, 9.17) is 4.74 Å². The van der Waals surface area contributed by atoms with Crippen molar-refractivity contribution in [2.45, 2.75) is 19.3 Å². The number of benzene rings is 1. The van der Waals surface area contributed by atoms with Gasteiger partial charge in [-0.3, -0.25) is 0 Å². The summed E-state index contributed by atoms with van der Waals surface area (Å²) in [6.45, 7) is 1.69. The number of nitrogens with zero attached hydrogens (tertiary/aromatic N) is 2. The van der Waals surface area contributed by atoms with Gasteiger partial charge in [0.05, 0.1) is 12.3 Å². The summed E-state index contributed by atoms with van der Waals surface area (Å²) in [4.78, 5) is 4.30. The first-order valence-electron chi connectivity index (χ1n) is 6.79. The summed E-state index contributed by atoms with van der Waals surface area (Å²) < 4.78 is 7.95. The molecular weight excluding hydrogens is 238 g/mol. The number of anilines is 1. The molecule has 1 aromatic heterocycles. The van der Waals surface area contributed by atoms with Crippen LogP contribution in [0.15, 0.2) is 30.6 Å². The molecule has 1 N–H and O–H groups in total. The van der Waals surface area contributed by atoms with Gasteiger partial charge in [0.1, 0.15) is 11.6 Å². The van der Waals surface area contributed by atoms with Crippen molar-refractivity contribution in [2.24, 2.45) is 7.05 Å². The molecule has 4 heteroatoms. The smallest absolute Gasteiger partial charge is 0.142 e. The fraction of sp³-hybridized carbons (Fsp3) is 0.400. The molecule has 0 radical (unpaired) electrons. The van der Waals surface area contributed by atoms with Crippen LogP contribution in [0.5, 0.6) is 5.75 Å². The standard InChI is InChI=1S/C15H19N3O/c1-18-10-9-16-14(18)7-11-19-13-6-2-4-12-5-3-8-17-15(12)13/h2,4,6,9-10,17H,3,5,7-8,11H2,1H3. The number of fused-ring (bicyclic) bond motifs is 1. The second-order valence-electron chi connectivity index (χ2n) is 4.87.